The molecule has 2 heterocycles. The van der Waals surface area contributed by atoms with Gasteiger partial charge in [0.15, 0.2) is 0 Å². The van der Waals surface area contributed by atoms with E-state index in [-0.39, 0.29) is 11.7 Å². The predicted molar refractivity (Wildman–Crippen MR) is 89.6 cm³/mol. The number of benzene rings is 1. The molecule has 0 aliphatic carbocycles. The van der Waals surface area contributed by atoms with Gasteiger partial charge in [-0.15, -0.1) is 10.2 Å². The van der Waals surface area contributed by atoms with E-state index in [0.717, 1.165) is 10.1 Å². The Morgan fingerprint density at radius 1 is 1.29 bits per heavy atom. The average Bonchev–Trinajstić information content (AvgIpc) is 3.05. The minimum Gasteiger partial charge on any atom is -0.384 e. The van der Waals surface area contributed by atoms with Crippen LogP contribution < -0.4 is 4.90 Å². The molecule has 1 aromatic heterocycles. The van der Waals surface area contributed by atoms with Crippen LogP contribution in [0.2, 0.25) is 0 Å². The zero-order valence-electron chi connectivity index (χ0n) is 13.4. The molecule has 1 saturated heterocycles. The quantitative estimate of drug-likeness (QED) is 0.900. The maximum Gasteiger partial charge on any atom is 0.251 e. The van der Waals surface area contributed by atoms with Crippen molar-refractivity contribution in [2.24, 2.45) is 0 Å². The number of halogens is 1. The number of nitrogens with zero attached hydrogens (tertiary/aromatic N) is 4. The molecule has 0 spiro atoms. The molecule has 2 aromatic rings. The lowest BCUT2D eigenvalue weighted by molar-refractivity contribution is -0.139. The maximum absolute atomic E-state index is 13.7. The highest BCUT2D eigenvalue weighted by molar-refractivity contribution is 7.15. The third-order valence-corrected chi connectivity index (χ3v) is 4.96. The Balaban J connectivity index is 1.61. The van der Waals surface area contributed by atoms with Crippen molar-refractivity contribution in [2.45, 2.75) is 19.4 Å². The number of aliphatic hydroxyl groups excluding tert-OH is 1. The molecule has 1 aromatic carbocycles. The Morgan fingerprint density at radius 2 is 2.00 bits per heavy atom. The fraction of sp³-hybridized carbons (Fsp3) is 0.438. The molecule has 128 valence electrons. The topological polar surface area (TPSA) is 69.6 Å². The third kappa shape index (κ3) is 3.70. The summed E-state index contributed by atoms with van der Waals surface area (Å²) in [6.07, 6.45) is -0.546. The maximum atomic E-state index is 13.7. The minimum absolute atomic E-state index is 0.237. The highest BCUT2D eigenvalue weighted by Crippen LogP contribution is 2.24. The second-order valence-corrected chi connectivity index (χ2v) is 6.78. The van der Waals surface area contributed by atoms with Gasteiger partial charge < -0.3 is 14.9 Å². The fourth-order valence-corrected chi connectivity index (χ4v) is 3.54. The van der Waals surface area contributed by atoms with Crippen molar-refractivity contribution in [2.75, 3.05) is 31.1 Å². The number of aliphatic hydroxyl groups is 1. The monoisotopic (exact) mass is 350 g/mol. The van der Waals surface area contributed by atoms with E-state index in [4.69, 9.17) is 0 Å². The molecular formula is C16H19FN4O2S. The SMILES string of the molecule is CC(O)C(=O)N1CCN(c2nnc(Cc3ccccc3F)s2)CC1. The Morgan fingerprint density at radius 3 is 2.67 bits per heavy atom. The third-order valence-electron chi connectivity index (χ3n) is 3.97. The zero-order chi connectivity index (χ0) is 17.1. The van der Waals surface area contributed by atoms with E-state index in [9.17, 15) is 14.3 Å². The summed E-state index contributed by atoms with van der Waals surface area (Å²) in [5.74, 6) is -0.480. The predicted octanol–water partition coefficient (Wildman–Crippen LogP) is 1.30. The van der Waals surface area contributed by atoms with Gasteiger partial charge in [-0.25, -0.2) is 4.39 Å². The average molecular weight is 350 g/mol. The number of hydrogen-bond donors (Lipinski definition) is 1. The molecule has 1 aliphatic heterocycles. The number of rotatable bonds is 4. The van der Waals surface area contributed by atoms with Crippen LogP contribution in [0.1, 0.15) is 17.5 Å². The lowest BCUT2D eigenvalue weighted by Crippen LogP contribution is -2.51. The standard InChI is InChI=1S/C16H19FN4O2S/c1-11(22)15(23)20-6-8-21(9-7-20)16-19-18-14(24-16)10-12-4-2-3-5-13(12)17/h2-5,11,22H,6-10H2,1H3. The van der Waals surface area contributed by atoms with Crippen molar-refractivity contribution in [3.05, 3.63) is 40.7 Å². The lowest BCUT2D eigenvalue weighted by atomic mass is 10.1. The van der Waals surface area contributed by atoms with E-state index < -0.39 is 6.10 Å². The first kappa shape index (κ1) is 16.8. The van der Waals surface area contributed by atoms with Crippen molar-refractivity contribution in [3.63, 3.8) is 0 Å². The van der Waals surface area contributed by atoms with Crippen molar-refractivity contribution >= 4 is 22.4 Å². The summed E-state index contributed by atoms with van der Waals surface area (Å²) in [5.41, 5.74) is 0.604. The second kappa shape index (κ2) is 7.23. The number of anilines is 1. The van der Waals surface area contributed by atoms with Crippen LogP contribution in [0.5, 0.6) is 0 Å². The van der Waals surface area contributed by atoms with Crippen LogP contribution in [0.15, 0.2) is 24.3 Å². The summed E-state index contributed by atoms with van der Waals surface area (Å²) in [6.45, 7) is 3.87. The van der Waals surface area contributed by atoms with Crippen LogP contribution in [0.25, 0.3) is 0 Å². The number of piperazine rings is 1. The van der Waals surface area contributed by atoms with E-state index in [2.05, 4.69) is 15.1 Å². The van der Waals surface area contributed by atoms with Crippen LogP contribution in [0, 0.1) is 5.82 Å². The van der Waals surface area contributed by atoms with Crippen LogP contribution in [0.3, 0.4) is 0 Å². The van der Waals surface area contributed by atoms with Crippen molar-refractivity contribution < 1.29 is 14.3 Å². The molecule has 0 radical (unpaired) electrons. The molecule has 6 nitrogen and oxygen atoms in total. The van der Waals surface area contributed by atoms with Gasteiger partial charge in [0.1, 0.15) is 16.9 Å². The largest absolute Gasteiger partial charge is 0.384 e. The molecule has 1 amide bonds. The van der Waals surface area contributed by atoms with Crippen molar-refractivity contribution in [1.82, 2.24) is 15.1 Å². The number of hydrogen-bond acceptors (Lipinski definition) is 6. The van der Waals surface area contributed by atoms with Gasteiger partial charge in [0, 0.05) is 32.6 Å². The van der Waals surface area contributed by atoms with E-state index in [0.29, 0.717) is 38.2 Å². The number of carbonyl (C=O) groups excluding carboxylic acids is 1. The van der Waals surface area contributed by atoms with Gasteiger partial charge in [0.2, 0.25) is 5.13 Å². The summed E-state index contributed by atoms with van der Waals surface area (Å²) in [4.78, 5) is 15.5. The molecule has 1 fully saturated rings. The van der Waals surface area contributed by atoms with E-state index in [1.54, 1.807) is 23.1 Å². The van der Waals surface area contributed by atoms with Gasteiger partial charge in [0.05, 0.1) is 0 Å². The Labute approximate surface area is 143 Å². The molecule has 1 aliphatic rings. The Hall–Kier alpha value is -2.06. The fourth-order valence-electron chi connectivity index (χ4n) is 2.63. The van der Waals surface area contributed by atoms with E-state index in [1.807, 2.05) is 0 Å². The highest BCUT2D eigenvalue weighted by Gasteiger charge is 2.25. The molecule has 0 saturated carbocycles. The summed E-state index contributed by atoms with van der Waals surface area (Å²) in [6, 6.07) is 6.66. The summed E-state index contributed by atoms with van der Waals surface area (Å²) in [7, 11) is 0. The summed E-state index contributed by atoms with van der Waals surface area (Å²) in [5, 5.41) is 19.3. The van der Waals surface area contributed by atoms with Crippen LogP contribution in [-0.4, -0.2) is 58.4 Å². The first-order valence-corrected chi connectivity index (χ1v) is 8.64. The minimum atomic E-state index is -0.967. The van der Waals surface area contributed by atoms with Gasteiger partial charge >= 0.3 is 0 Å². The molecule has 8 heteroatoms. The molecule has 3 rings (SSSR count). The molecule has 1 unspecified atom stereocenters. The van der Waals surface area contributed by atoms with Gasteiger partial charge in [0.25, 0.3) is 5.91 Å². The van der Waals surface area contributed by atoms with Gasteiger partial charge in [-0.1, -0.05) is 29.5 Å². The first-order valence-electron chi connectivity index (χ1n) is 7.82. The van der Waals surface area contributed by atoms with Crippen molar-refractivity contribution in [1.29, 1.82) is 0 Å². The molecular weight excluding hydrogens is 331 g/mol. The molecule has 1 N–H and O–H groups in total. The normalized spacial score (nSPS) is 16.3. The second-order valence-electron chi connectivity index (χ2n) is 5.73. The molecule has 0 bridgehead atoms. The Bertz CT molecular complexity index is 714. The molecule has 24 heavy (non-hydrogen) atoms. The number of carbonyl (C=O) groups is 1. The van der Waals surface area contributed by atoms with E-state index >= 15 is 0 Å². The van der Waals surface area contributed by atoms with Crippen LogP contribution in [0.4, 0.5) is 9.52 Å². The molecule has 1 atom stereocenters. The van der Waals surface area contributed by atoms with Gasteiger partial charge in [-0.2, -0.15) is 0 Å². The Kier molecular flexibility index (Phi) is 5.06. The first-order chi connectivity index (χ1) is 11.5. The lowest BCUT2D eigenvalue weighted by Gasteiger charge is -2.34. The number of aromatic nitrogens is 2. The summed E-state index contributed by atoms with van der Waals surface area (Å²) >= 11 is 1.44. The van der Waals surface area contributed by atoms with Gasteiger partial charge in [-0.05, 0) is 18.6 Å². The summed E-state index contributed by atoms with van der Waals surface area (Å²) < 4.78 is 13.7. The van der Waals surface area contributed by atoms with Crippen LogP contribution in [-0.2, 0) is 11.2 Å². The number of amides is 1. The van der Waals surface area contributed by atoms with Crippen LogP contribution >= 0.6 is 11.3 Å². The van der Waals surface area contributed by atoms with Crippen molar-refractivity contribution in [3.8, 4) is 0 Å². The van der Waals surface area contributed by atoms with Gasteiger partial charge in [-0.3, -0.25) is 4.79 Å². The smallest absolute Gasteiger partial charge is 0.251 e. The van der Waals surface area contributed by atoms with E-state index in [1.165, 1.54) is 24.3 Å². The highest BCUT2D eigenvalue weighted by atomic mass is 32.1. The zero-order valence-corrected chi connectivity index (χ0v) is 14.2.